The molecule has 24 heavy (non-hydrogen) atoms. The van der Waals surface area contributed by atoms with Crippen molar-refractivity contribution >= 4 is 23.6 Å². The summed E-state index contributed by atoms with van der Waals surface area (Å²) in [7, 11) is 0. The maximum Gasteiger partial charge on any atom is 0.305 e. The zero-order chi connectivity index (χ0) is 17.5. The molecule has 128 valence electrons. The summed E-state index contributed by atoms with van der Waals surface area (Å²) in [5, 5.41) is 15.5. The van der Waals surface area contributed by atoms with Crippen molar-refractivity contribution in [1.82, 2.24) is 15.5 Å². The van der Waals surface area contributed by atoms with E-state index < -0.39 is 12.0 Å². The summed E-state index contributed by atoms with van der Waals surface area (Å²) in [6, 6.07) is 6.91. The fourth-order valence-corrected chi connectivity index (χ4v) is 2.60. The van der Waals surface area contributed by atoms with Gasteiger partial charge in [-0.25, -0.2) is 0 Å². The summed E-state index contributed by atoms with van der Waals surface area (Å²) in [6.45, 7) is 1.70. The quantitative estimate of drug-likeness (QED) is 0.705. The number of carbonyl (C=O) groups excluding carboxylic acids is 1. The van der Waals surface area contributed by atoms with Gasteiger partial charge < -0.3 is 14.9 Å². The topological polar surface area (TPSA) is 105 Å². The molecule has 7 nitrogen and oxygen atoms in total. The number of hydrogen-bond acceptors (Lipinski definition) is 6. The van der Waals surface area contributed by atoms with Gasteiger partial charge in [-0.1, -0.05) is 17.3 Å². The number of rotatable bonds is 8. The van der Waals surface area contributed by atoms with Crippen LogP contribution in [0.5, 0.6) is 0 Å². The normalized spacial score (nSPS) is 11.9. The van der Waals surface area contributed by atoms with Crippen LogP contribution < -0.4 is 5.32 Å². The Kier molecular flexibility index (Phi) is 6.36. The Morgan fingerprint density at radius 3 is 2.58 bits per heavy atom. The maximum atomic E-state index is 12.1. The summed E-state index contributed by atoms with van der Waals surface area (Å²) in [4.78, 5) is 28.3. The van der Waals surface area contributed by atoms with Crippen LogP contribution in [-0.2, 0) is 16.0 Å². The molecule has 0 aliphatic heterocycles. The molecule has 0 bridgehead atoms. The van der Waals surface area contributed by atoms with Gasteiger partial charge in [-0.2, -0.15) is 4.98 Å². The minimum Gasteiger partial charge on any atom is -0.481 e. The summed E-state index contributed by atoms with van der Waals surface area (Å²) in [5.74, 6) is -0.322. The highest BCUT2D eigenvalue weighted by molar-refractivity contribution is 7.98. The van der Waals surface area contributed by atoms with Gasteiger partial charge in [-0.3, -0.25) is 9.59 Å². The summed E-state index contributed by atoms with van der Waals surface area (Å²) < 4.78 is 4.96. The SMILES string of the molecule is CSc1ccc(C(CC(=O)O)NC(=O)CCc2nc(C)no2)cc1. The third kappa shape index (κ3) is 5.38. The van der Waals surface area contributed by atoms with Crippen molar-refractivity contribution in [2.24, 2.45) is 0 Å². The van der Waals surface area contributed by atoms with E-state index in [0.717, 1.165) is 10.5 Å². The highest BCUT2D eigenvalue weighted by Crippen LogP contribution is 2.21. The molecule has 0 aliphatic carbocycles. The molecule has 1 heterocycles. The maximum absolute atomic E-state index is 12.1. The number of carbonyl (C=O) groups is 2. The van der Waals surface area contributed by atoms with Gasteiger partial charge in [0.1, 0.15) is 0 Å². The Morgan fingerprint density at radius 2 is 2.04 bits per heavy atom. The molecule has 1 aromatic heterocycles. The van der Waals surface area contributed by atoms with Crippen LogP contribution in [0.2, 0.25) is 0 Å². The lowest BCUT2D eigenvalue weighted by Crippen LogP contribution is -2.30. The third-order valence-electron chi connectivity index (χ3n) is 3.37. The highest BCUT2D eigenvalue weighted by Gasteiger charge is 2.18. The van der Waals surface area contributed by atoms with E-state index in [9.17, 15) is 9.59 Å². The average Bonchev–Trinajstić information content (AvgIpc) is 2.97. The largest absolute Gasteiger partial charge is 0.481 e. The van der Waals surface area contributed by atoms with Crippen LogP contribution in [0.3, 0.4) is 0 Å². The number of hydrogen-bond donors (Lipinski definition) is 2. The molecule has 1 aromatic carbocycles. The average molecular weight is 349 g/mol. The molecule has 1 amide bonds. The summed E-state index contributed by atoms with van der Waals surface area (Å²) in [6.07, 6.45) is 2.26. The fraction of sp³-hybridized carbons (Fsp3) is 0.375. The monoisotopic (exact) mass is 349 g/mol. The van der Waals surface area contributed by atoms with E-state index in [1.54, 1.807) is 18.7 Å². The van der Waals surface area contributed by atoms with Crippen LogP contribution >= 0.6 is 11.8 Å². The van der Waals surface area contributed by atoms with E-state index in [4.69, 9.17) is 9.63 Å². The first-order chi connectivity index (χ1) is 11.5. The minimum absolute atomic E-state index is 0.153. The Morgan fingerprint density at radius 1 is 1.33 bits per heavy atom. The lowest BCUT2D eigenvalue weighted by molar-refractivity contribution is -0.137. The van der Waals surface area contributed by atoms with Crippen molar-refractivity contribution in [1.29, 1.82) is 0 Å². The van der Waals surface area contributed by atoms with Crippen LogP contribution in [0.15, 0.2) is 33.7 Å². The van der Waals surface area contributed by atoms with Gasteiger partial charge in [-0.15, -0.1) is 11.8 Å². The molecule has 1 unspecified atom stereocenters. The van der Waals surface area contributed by atoms with Gasteiger partial charge in [0.15, 0.2) is 5.82 Å². The van der Waals surface area contributed by atoms with E-state index in [1.807, 2.05) is 30.5 Å². The van der Waals surface area contributed by atoms with Crippen molar-refractivity contribution in [3.05, 3.63) is 41.5 Å². The number of aromatic nitrogens is 2. The lowest BCUT2D eigenvalue weighted by atomic mass is 10.0. The smallest absolute Gasteiger partial charge is 0.305 e. The van der Waals surface area contributed by atoms with Crippen LogP contribution in [-0.4, -0.2) is 33.4 Å². The fourth-order valence-electron chi connectivity index (χ4n) is 2.19. The minimum atomic E-state index is -0.971. The summed E-state index contributed by atoms with van der Waals surface area (Å²) in [5.41, 5.74) is 0.761. The van der Waals surface area contributed by atoms with E-state index in [0.29, 0.717) is 18.1 Å². The first kappa shape index (κ1) is 18.0. The van der Waals surface area contributed by atoms with Crippen molar-refractivity contribution in [3.8, 4) is 0 Å². The summed E-state index contributed by atoms with van der Waals surface area (Å²) >= 11 is 1.60. The van der Waals surface area contributed by atoms with Crippen molar-refractivity contribution in [2.75, 3.05) is 6.26 Å². The predicted octanol–water partition coefficient (Wildman–Crippen LogP) is 2.36. The van der Waals surface area contributed by atoms with Crippen LogP contribution in [0.25, 0.3) is 0 Å². The molecule has 0 fully saturated rings. The molecule has 0 spiro atoms. The van der Waals surface area contributed by atoms with E-state index in [2.05, 4.69) is 15.5 Å². The Hall–Kier alpha value is -2.35. The van der Waals surface area contributed by atoms with Gasteiger partial charge in [-0.05, 0) is 30.9 Å². The van der Waals surface area contributed by atoms with Crippen molar-refractivity contribution < 1.29 is 19.2 Å². The molecule has 0 saturated heterocycles. The van der Waals surface area contributed by atoms with Crippen molar-refractivity contribution in [3.63, 3.8) is 0 Å². The van der Waals surface area contributed by atoms with Crippen LogP contribution in [0.4, 0.5) is 0 Å². The number of amides is 1. The van der Waals surface area contributed by atoms with Gasteiger partial charge in [0.05, 0.1) is 12.5 Å². The van der Waals surface area contributed by atoms with E-state index in [1.165, 1.54) is 0 Å². The first-order valence-electron chi connectivity index (χ1n) is 7.42. The lowest BCUT2D eigenvalue weighted by Gasteiger charge is -2.17. The second-order valence-corrected chi connectivity index (χ2v) is 6.11. The zero-order valence-corrected chi connectivity index (χ0v) is 14.3. The number of nitrogens with one attached hydrogen (secondary N) is 1. The van der Waals surface area contributed by atoms with Gasteiger partial charge in [0.2, 0.25) is 11.8 Å². The molecular weight excluding hydrogens is 330 g/mol. The molecular formula is C16H19N3O4S. The zero-order valence-electron chi connectivity index (χ0n) is 13.5. The Labute approximate surface area is 143 Å². The van der Waals surface area contributed by atoms with E-state index >= 15 is 0 Å². The first-order valence-corrected chi connectivity index (χ1v) is 8.64. The standard InChI is InChI=1S/C16H19N3O4S/c1-10-17-15(23-19-10)8-7-14(20)18-13(9-16(21)22)11-3-5-12(24-2)6-4-11/h3-6,13H,7-9H2,1-2H3,(H,18,20)(H,21,22). The molecule has 1 atom stereocenters. The molecule has 2 N–H and O–H groups in total. The number of aryl methyl sites for hydroxylation is 2. The molecule has 0 aliphatic rings. The third-order valence-corrected chi connectivity index (χ3v) is 4.11. The van der Waals surface area contributed by atoms with Gasteiger partial charge in [0.25, 0.3) is 0 Å². The Bertz CT molecular complexity index is 700. The molecule has 0 saturated carbocycles. The predicted molar refractivity (Wildman–Crippen MR) is 88.7 cm³/mol. The highest BCUT2D eigenvalue weighted by atomic mass is 32.2. The second-order valence-electron chi connectivity index (χ2n) is 5.23. The number of aliphatic carboxylic acids is 1. The number of carboxylic acids is 1. The molecule has 8 heteroatoms. The van der Waals surface area contributed by atoms with Crippen molar-refractivity contribution in [2.45, 2.75) is 37.1 Å². The number of thioether (sulfide) groups is 1. The van der Waals surface area contributed by atoms with Crippen LogP contribution in [0, 0.1) is 6.92 Å². The van der Waals surface area contributed by atoms with Gasteiger partial charge >= 0.3 is 5.97 Å². The Balaban J connectivity index is 1.98. The number of nitrogens with zero attached hydrogens (tertiary/aromatic N) is 2. The molecule has 2 aromatic rings. The molecule has 2 rings (SSSR count). The van der Waals surface area contributed by atoms with Gasteiger partial charge in [0, 0.05) is 17.7 Å². The molecule has 0 radical (unpaired) electrons. The second kappa shape index (κ2) is 8.49. The number of benzene rings is 1. The van der Waals surface area contributed by atoms with E-state index in [-0.39, 0.29) is 18.7 Å². The van der Waals surface area contributed by atoms with Crippen LogP contribution in [0.1, 0.15) is 36.2 Å². The number of carboxylic acid groups (broad SMARTS) is 1.